The van der Waals surface area contributed by atoms with Crippen LogP contribution >= 0.6 is 22.6 Å². The zero-order valence-electron chi connectivity index (χ0n) is 30.0. The average Bonchev–Trinajstić information content (AvgIpc) is 2.99. The van der Waals surface area contributed by atoms with Crippen LogP contribution in [0.2, 0.25) is 0 Å². The zero-order valence-corrected chi connectivity index (χ0v) is 32.9. The van der Waals surface area contributed by atoms with E-state index in [1.165, 1.54) is 4.90 Å². The van der Waals surface area contributed by atoms with E-state index in [1.54, 1.807) is 6.92 Å². The van der Waals surface area contributed by atoms with E-state index >= 15 is 0 Å². The Kier molecular flexibility index (Phi) is 17.7. The number of nitrogens with one attached hydrogen (secondary N) is 4. The molecule has 12 nitrogen and oxygen atoms in total. The molecule has 4 atom stereocenters. The minimum Gasteiger partial charge on any atom is -0.349 e. The topological polar surface area (TPSA) is 171 Å². The van der Waals surface area contributed by atoms with Gasteiger partial charge in [0.05, 0.1) is 17.3 Å². The summed E-state index contributed by atoms with van der Waals surface area (Å²) in [5.74, 6) is -2.61. The Labute approximate surface area is 296 Å². The van der Waals surface area contributed by atoms with Crippen LogP contribution in [0.3, 0.4) is 0 Å². The van der Waals surface area contributed by atoms with E-state index in [4.69, 9.17) is 0 Å². The van der Waals surface area contributed by atoms with Crippen molar-refractivity contribution in [1.82, 2.24) is 26.2 Å². The summed E-state index contributed by atoms with van der Waals surface area (Å²) < 4.78 is 24.3. The molecule has 5 amide bonds. The van der Waals surface area contributed by atoms with E-state index in [-0.39, 0.29) is 36.3 Å². The van der Waals surface area contributed by atoms with E-state index in [2.05, 4.69) is 21.3 Å². The van der Waals surface area contributed by atoms with E-state index in [0.717, 1.165) is 19.3 Å². The molecule has 0 aromatic carbocycles. The molecule has 0 aromatic heterocycles. The van der Waals surface area contributed by atoms with Gasteiger partial charge in [-0.05, 0) is 65.5 Å². The van der Waals surface area contributed by atoms with E-state index in [0.29, 0.717) is 32.2 Å². The molecule has 1 rings (SSSR count). The quantitative estimate of drug-likeness (QED) is 0.0701. The van der Waals surface area contributed by atoms with Gasteiger partial charge < -0.3 is 26.2 Å². The Balaban J connectivity index is 3.38. The monoisotopic (exact) mass is 797 g/mol. The first-order chi connectivity index (χ1) is 21.7. The van der Waals surface area contributed by atoms with Gasteiger partial charge in [-0.3, -0.25) is 19.2 Å². The number of amides is 5. The maximum atomic E-state index is 14.4. The summed E-state index contributed by atoms with van der Waals surface area (Å²) in [6, 6.07) is -2.75. The second-order valence-electron chi connectivity index (χ2n) is 14.4. The standard InChI is InChI=1S/C33H60IN5O7S/c1-10-16-24(25(40)28(41)35-19-11-2)36-29(42)27(34)39(20-23(6)22(4)5)30(43)26(32(7,8)9)37-31(44)38-33(17-14-13-15-18-33)21-47(45,46)12-3/h22-24,26-27H,10-21H2,1-9H3,(H,35,41)(H,36,42)(H2,37,38,44)/t23-,24?,26-,27-/m1/s1. The highest BCUT2D eigenvalue weighted by atomic mass is 127. The predicted molar refractivity (Wildman–Crippen MR) is 194 cm³/mol. The maximum Gasteiger partial charge on any atom is 0.315 e. The van der Waals surface area contributed by atoms with Crippen LogP contribution in [0.25, 0.3) is 0 Å². The fourth-order valence-corrected chi connectivity index (χ4v) is 7.61. The van der Waals surface area contributed by atoms with Crippen molar-refractivity contribution in [3.05, 3.63) is 0 Å². The SMILES string of the molecule is CCCNC(=O)C(=O)C(CCC)NC(=O)[C@H](I)N(C[C@@H](C)C(C)C)C(=O)[C@@H](NC(=O)NC1(CS(=O)(=O)CC)CCCCC1)C(C)(C)C. The first-order valence-corrected chi connectivity index (χ1v) is 20.2. The number of hydrogen-bond donors (Lipinski definition) is 4. The first-order valence-electron chi connectivity index (χ1n) is 17.1. The molecule has 0 bridgehead atoms. The number of rotatable bonds is 18. The van der Waals surface area contributed by atoms with Crippen LogP contribution < -0.4 is 21.3 Å². The van der Waals surface area contributed by atoms with Crippen molar-refractivity contribution in [1.29, 1.82) is 0 Å². The number of alkyl halides is 1. The van der Waals surface area contributed by atoms with Gasteiger partial charge in [-0.1, -0.05) is 88.0 Å². The van der Waals surface area contributed by atoms with Gasteiger partial charge in [0.25, 0.3) is 11.8 Å². The maximum absolute atomic E-state index is 14.4. The molecular formula is C33H60IN5O7S. The van der Waals surface area contributed by atoms with Gasteiger partial charge in [0.15, 0.2) is 13.9 Å². The van der Waals surface area contributed by atoms with E-state index in [1.807, 2.05) is 78.0 Å². The molecule has 4 N–H and O–H groups in total. The summed E-state index contributed by atoms with van der Waals surface area (Å²) in [7, 11) is -3.40. The van der Waals surface area contributed by atoms with E-state index < -0.39 is 66.5 Å². The minimum absolute atomic E-state index is 0.0175. The molecule has 47 heavy (non-hydrogen) atoms. The van der Waals surface area contributed by atoms with Gasteiger partial charge in [0, 0.05) is 18.8 Å². The van der Waals surface area contributed by atoms with Crippen LogP contribution in [0.1, 0.15) is 114 Å². The first kappa shape index (κ1) is 43.1. The van der Waals surface area contributed by atoms with Crippen molar-refractivity contribution in [3.8, 4) is 0 Å². The van der Waals surface area contributed by atoms with Gasteiger partial charge in [-0.25, -0.2) is 13.2 Å². The van der Waals surface area contributed by atoms with Crippen molar-refractivity contribution in [3.63, 3.8) is 0 Å². The second kappa shape index (κ2) is 19.3. The number of nitrogens with zero attached hydrogens (tertiary/aromatic N) is 1. The summed E-state index contributed by atoms with van der Waals surface area (Å²) in [6.45, 7) is 17.3. The molecular weight excluding hydrogens is 737 g/mol. The molecule has 1 unspecified atom stereocenters. The van der Waals surface area contributed by atoms with Crippen LogP contribution in [0.15, 0.2) is 0 Å². The Bertz CT molecular complexity index is 1180. The summed E-state index contributed by atoms with van der Waals surface area (Å²) in [6.07, 6.45) is 5.03. The van der Waals surface area contributed by atoms with Crippen molar-refractivity contribution in [2.24, 2.45) is 17.3 Å². The lowest BCUT2D eigenvalue weighted by atomic mass is 9.83. The zero-order chi connectivity index (χ0) is 36.2. The third-order valence-corrected chi connectivity index (χ3v) is 12.0. The number of Topliss-reactive ketones (excluding diaryl/α,β-unsaturated/α-hetero) is 1. The molecule has 1 aliphatic rings. The summed E-state index contributed by atoms with van der Waals surface area (Å²) in [5.41, 5.74) is -1.71. The molecule has 0 aliphatic heterocycles. The number of carbonyl (C=O) groups excluding carboxylic acids is 5. The van der Waals surface area contributed by atoms with Crippen LogP contribution in [0.5, 0.6) is 0 Å². The number of sulfone groups is 1. The molecule has 0 saturated heterocycles. The number of urea groups is 1. The largest absolute Gasteiger partial charge is 0.349 e. The molecule has 14 heteroatoms. The van der Waals surface area contributed by atoms with Gasteiger partial charge in [-0.15, -0.1) is 0 Å². The number of carbonyl (C=O) groups is 5. The molecule has 0 radical (unpaired) electrons. The number of ketones is 1. The van der Waals surface area contributed by atoms with Gasteiger partial charge in [-0.2, -0.15) is 0 Å². The second-order valence-corrected chi connectivity index (χ2v) is 18.0. The molecule has 1 aliphatic carbocycles. The highest BCUT2D eigenvalue weighted by Crippen LogP contribution is 2.31. The highest BCUT2D eigenvalue weighted by Gasteiger charge is 2.43. The van der Waals surface area contributed by atoms with E-state index in [9.17, 15) is 32.4 Å². The Morgan fingerprint density at radius 1 is 0.915 bits per heavy atom. The number of hydrogen-bond acceptors (Lipinski definition) is 7. The number of halogens is 1. The highest BCUT2D eigenvalue weighted by molar-refractivity contribution is 14.1. The minimum atomic E-state index is -3.40. The molecule has 1 fully saturated rings. The Morgan fingerprint density at radius 3 is 2.00 bits per heavy atom. The lowest BCUT2D eigenvalue weighted by Gasteiger charge is -2.41. The van der Waals surface area contributed by atoms with Crippen molar-refractivity contribution in [2.75, 3.05) is 24.6 Å². The molecule has 1 saturated carbocycles. The van der Waals surface area contributed by atoms with Crippen LogP contribution in [-0.2, 0) is 29.0 Å². The molecule has 0 heterocycles. The van der Waals surface area contributed by atoms with Gasteiger partial charge in [0.2, 0.25) is 11.7 Å². The fourth-order valence-electron chi connectivity index (χ4n) is 5.52. The van der Waals surface area contributed by atoms with Gasteiger partial charge in [0.1, 0.15) is 6.04 Å². The summed E-state index contributed by atoms with van der Waals surface area (Å²) >= 11 is 1.87. The third-order valence-electron chi connectivity index (χ3n) is 8.88. The fraction of sp³-hybridized carbons (Fsp3) is 0.848. The summed E-state index contributed by atoms with van der Waals surface area (Å²) in [5, 5.41) is 11.1. The normalized spacial score (nSPS) is 17.5. The van der Waals surface area contributed by atoms with Crippen molar-refractivity contribution < 1.29 is 32.4 Å². The lowest BCUT2D eigenvalue weighted by molar-refractivity contribution is -0.143. The molecule has 0 spiro atoms. The summed E-state index contributed by atoms with van der Waals surface area (Å²) in [4.78, 5) is 68.5. The lowest BCUT2D eigenvalue weighted by Crippen LogP contribution is -2.63. The molecule has 0 aromatic rings. The third kappa shape index (κ3) is 13.8. The molecule has 272 valence electrons. The predicted octanol–water partition coefficient (Wildman–Crippen LogP) is 4.10. The van der Waals surface area contributed by atoms with Crippen molar-refractivity contribution >= 4 is 62.0 Å². The smallest absolute Gasteiger partial charge is 0.315 e. The van der Waals surface area contributed by atoms with Crippen LogP contribution in [0, 0.1) is 17.3 Å². The van der Waals surface area contributed by atoms with Crippen molar-refractivity contribution in [2.45, 2.75) is 135 Å². The van der Waals surface area contributed by atoms with Crippen LogP contribution in [-0.4, -0.2) is 89.1 Å². The Morgan fingerprint density at radius 2 is 1.51 bits per heavy atom. The Hall–Kier alpha value is -1.97. The average molecular weight is 798 g/mol. The van der Waals surface area contributed by atoms with Crippen LogP contribution in [0.4, 0.5) is 4.79 Å². The van der Waals surface area contributed by atoms with Gasteiger partial charge >= 0.3 is 6.03 Å².